The summed E-state index contributed by atoms with van der Waals surface area (Å²) in [5, 5.41) is 0. The quantitative estimate of drug-likeness (QED) is 0.637. The van der Waals surface area contributed by atoms with Crippen LogP contribution in [0.5, 0.6) is 0 Å². The molecule has 1 aromatic rings. The molecular weight excluding hydrogens is 233 g/mol. The highest BCUT2D eigenvalue weighted by Crippen LogP contribution is 2.23. The van der Waals surface area contributed by atoms with Crippen LogP contribution in [0.3, 0.4) is 0 Å². The lowest BCUT2D eigenvalue weighted by Gasteiger charge is -2.08. The molecule has 0 aliphatic carbocycles. The predicted molar refractivity (Wildman–Crippen MR) is 55.3 cm³/mol. The average Bonchev–Trinajstić information content (AvgIpc) is 2.54. The van der Waals surface area contributed by atoms with Crippen molar-refractivity contribution in [2.45, 2.75) is 19.2 Å². The number of rotatable bonds is 5. The van der Waals surface area contributed by atoms with E-state index in [-0.39, 0.29) is 12.5 Å². The van der Waals surface area contributed by atoms with Gasteiger partial charge in [-0.15, -0.1) is 0 Å². The summed E-state index contributed by atoms with van der Waals surface area (Å²) in [5.74, 6) is 1.07. The van der Waals surface area contributed by atoms with Crippen molar-refractivity contribution in [3.63, 3.8) is 0 Å². The van der Waals surface area contributed by atoms with E-state index < -0.39 is 0 Å². The molecule has 1 atom stereocenters. The lowest BCUT2D eigenvalue weighted by molar-refractivity contribution is 0.336. The molecule has 0 aromatic carbocycles. The molecule has 0 saturated heterocycles. The molecule has 0 saturated carbocycles. The zero-order valence-electron chi connectivity index (χ0n) is 7.50. The van der Waals surface area contributed by atoms with Gasteiger partial charge in [-0.1, -0.05) is 13.3 Å². The third-order valence-corrected chi connectivity index (χ3v) is 2.17. The predicted octanol–water partition coefficient (Wildman–Crippen LogP) is 2.05. The molecule has 0 bridgehead atoms. The number of halogens is 1. The molecule has 0 aliphatic rings. The van der Waals surface area contributed by atoms with Crippen molar-refractivity contribution in [1.29, 1.82) is 0 Å². The van der Waals surface area contributed by atoms with Crippen LogP contribution < -0.4 is 5.73 Å². The molecule has 1 rings (SSSR count). The maximum absolute atomic E-state index is 5.32. The first-order valence-corrected chi connectivity index (χ1v) is 4.96. The van der Waals surface area contributed by atoms with Crippen LogP contribution in [0, 0.1) is 0 Å². The van der Waals surface area contributed by atoms with Crippen molar-refractivity contribution in [2.75, 3.05) is 6.73 Å². The first kappa shape index (κ1) is 10.8. The summed E-state index contributed by atoms with van der Waals surface area (Å²) in [6.45, 7) is 2.27. The molecule has 1 unspecified atom stereocenters. The zero-order valence-corrected chi connectivity index (χ0v) is 9.08. The Morgan fingerprint density at radius 3 is 3.00 bits per heavy atom. The number of hydrogen-bond acceptors (Lipinski definition) is 3. The van der Waals surface area contributed by atoms with E-state index in [1.165, 1.54) is 0 Å². The summed E-state index contributed by atoms with van der Waals surface area (Å²) in [5.41, 5.74) is 5.22. The van der Waals surface area contributed by atoms with Crippen LogP contribution in [0.15, 0.2) is 21.2 Å². The fourth-order valence-corrected chi connectivity index (χ4v) is 1.38. The van der Waals surface area contributed by atoms with Crippen LogP contribution in [0.4, 0.5) is 0 Å². The summed E-state index contributed by atoms with van der Waals surface area (Å²) in [7, 11) is 1.71. The van der Waals surface area contributed by atoms with E-state index in [9.17, 15) is 0 Å². The minimum absolute atomic E-state index is 0.176. The Hall–Kier alpha value is -0.255. The molecule has 3 nitrogen and oxygen atoms in total. The van der Waals surface area contributed by atoms with Crippen molar-refractivity contribution in [2.24, 2.45) is 5.73 Å². The van der Waals surface area contributed by atoms with E-state index in [4.69, 9.17) is 14.8 Å². The first-order chi connectivity index (χ1) is 6.27. The monoisotopic (exact) mass is 244 g/mol. The van der Waals surface area contributed by atoms with Gasteiger partial charge in [-0.2, -0.15) is 0 Å². The van der Waals surface area contributed by atoms with Gasteiger partial charge in [0, 0.05) is 5.82 Å². The standard InChI is InChI=1S/C8H12BBrNO2/c1-2-7(9-13-5-11)8-3-6(10)4-12-8/h3-4,7H,2,5,11H2,1H3. The fourth-order valence-electron chi connectivity index (χ4n) is 1.06. The second kappa shape index (κ2) is 5.47. The summed E-state index contributed by atoms with van der Waals surface area (Å²) < 4.78 is 11.3. The van der Waals surface area contributed by atoms with E-state index in [1.807, 2.05) is 6.07 Å². The van der Waals surface area contributed by atoms with Gasteiger partial charge in [-0.25, -0.2) is 0 Å². The Morgan fingerprint density at radius 1 is 1.77 bits per heavy atom. The highest BCUT2D eigenvalue weighted by molar-refractivity contribution is 9.10. The normalized spacial score (nSPS) is 12.8. The third-order valence-electron chi connectivity index (χ3n) is 1.75. The molecular formula is C8H12BBrNO2. The molecule has 0 spiro atoms. The molecule has 1 radical (unpaired) electrons. The van der Waals surface area contributed by atoms with Crippen molar-refractivity contribution in [1.82, 2.24) is 0 Å². The molecule has 0 aliphatic heterocycles. The number of nitrogens with two attached hydrogens (primary N) is 1. The fraction of sp³-hybridized carbons (Fsp3) is 0.500. The molecule has 2 N–H and O–H groups in total. The van der Waals surface area contributed by atoms with Gasteiger partial charge in [0.1, 0.15) is 12.0 Å². The second-order valence-corrected chi connectivity index (χ2v) is 3.57. The van der Waals surface area contributed by atoms with E-state index in [1.54, 1.807) is 13.7 Å². The van der Waals surface area contributed by atoms with Crippen molar-refractivity contribution in [3.8, 4) is 0 Å². The van der Waals surface area contributed by atoms with Crippen molar-refractivity contribution >= 4 is 23.4 Å². The van der Waals surface area contributed by atoms with Crippen LogP contribution in [-0.4, -0.2) is 14.2 Å². The molecule has 1 heterocycles. The SMILES string of the molecule is CCC([B]OCN)c1cc(Br)co1. The molecule has 0 amide bonds. The largest absolute Gasteiger partial charge is 0.469 e. The van der Waals surface area contributed by atoms with Gasteiger partial charge >= 0.3 is 7.48 Å². The lowest BCUT2D eigenvalue weighted by Crippen LogP contribution is -2.15. The molecule has 0 fully saturated rings. The van der Waals surface area contributed by atoms with Crippen LogP contribution in [0.1, 0.15) is 24.9 Å². The Balaban J connectivity index is 2.56. The van der Waals surface area contributed by atoms with Gasteiger partial charge in [-0.3, -0.25) is 0 Å². The Labute approximate surface area is 87.0 Å². The minimum atomic E-state index is 0.176. The summed E-state index contributed by atoms with van der Waals surface area (Å²) in [4.78, 5) is 0. The molecule has 71 valence electrons. The number of hydrogen-bond donors (Lipinski definition) is 1. The summed E-state index contributed by atoms with van der Waals surface area (Å²) in [6, 6.07) is 1.94. The summed E-state index contributed by atoms with van der Waals surface area (Å²) >= 11 is 3.32. The van der Waals surface area contributed by atoms with Crippen molar-refractivity contribution in [3.05, 3.63) is 22.6 Å². The van der Waals surface area contributed by atoms with E-state index in [0.29, 0.717) is 0 Å². The van der Waals surface area contributed by atoms with Gasteiger partial charge < -0.3 is 14.8 Å². The third kappa shape index (κ3) is 3.17. The lowest BCUT2D eigenvalue weighted by atomic mass is 9.76. The van der Waals surface area contributed by atoms with E-state index in [2.05, 4.69) is 22.9 Å². The van der Waals surface area contributed by atoms with Crippen LogP contribution in [0.2, 0.25) is 0 Å². The Bertz CT molecular complexity index is 254. The Kier molecular flexibility index (Phi) is 4.55. The maximum atomic E-state index is 5.32. The van der Waals surface area contributed by atoms with Gasteiger partial charge in [0.05, 0.1) is 11.2 Å². The smallest absolute Gasteiger partial charge is 0.305 e. The molecule has 1 aromatic heterocycles. The van der Waals surface area contributed by atoms with Gasteiger partial charge in [-0.05, 0) is 22.0 Å². The zero-order chi connectivity index (χ0) is 9.68. The van der Waals surface area contributed by atoms with Gasteiger partial charge in [0.2, 0.25) is 0 Å². The summed E-state index contributed by atoms with van der Waals surface area (Å²) in [6.07, 6.45) is 2.59. The van der Waals surface area contributed by atoms with E-state index >= 15 is 0 Å². The highest BCUT2D eigenvalue weighted by atomic mass is 79.9. The van der Waals surface area contributed by atoms with Gasteiger partial charge in [0.15, 0.2) is 0 Å². The average molecular weight is 245 g/mol. The van der Waals surface area contributed by atoms with Crippen LogP contribution >= 0.6 is 15.9 Å². The second-order valence-electron chi connectivity index (χ2n) is 2.65. The van der Waals surface area contributed by atoms with Crippen LogP contribution in [0.25, 0.3) is 0 Å². The van der Waals surface area contributed by atoms with Gasteiger partial charge in [0.25, 0.3) is 0 Å². The first-order valence-electron chi connectivity index (χ1n) is 4.16. The van der Waals surface area contributed by atoms with Crippen LogP contribution in [-0.2, 0) is 4.65 Å². The maximum Gasteiger partial charge on any atom is 0.305 e. The molecule has 5 heteroatoms. The molecule has 13 heavy (non-hydrogen) atoms. The topological polar surface area (TPSA) is 48.4 Å². The minimum Gasteiger partial charge on any atom is -0.469 e. The van der Waals surface area contributed by atoms with E-state index in [0.717, 1.165) is 16.7 Å². The number of furan rings is 1. The van der Waals surface area contributed by atoms with Crippen molar-refractivity contribution < 1.29 is 9.07 Å². The Morgan fingerprint density at radius 2 is 2.54 bits per heavy atom. The highest BCUT2D eigenvalue weighted by Gasteiger charge is 2.15.